The number of urea groups is 1. The van der Waals surface area contributed by atoms with Crippen LogP contribution >= 0.6 is 0 Å². The number of carbonyl (C=O) groups excluding carboxylic acids is 4. The van der Waals surface area contributed by atoms with Gasteiger partial charge in [-0.1, -0.05) is 0 Å². The number of benzene rings is 1. The molecule has 2 unspecified atom stereocenters. The molecule has 0 bridgehead atoms. The first-order chi connectivity index (χ1) is 15.9. The summed E-state index contributed by atoms with van der Waals surface area (Å²) in [6.07, 6.45) is -1.46. The van der Waals surface area contributed by atoms with Gasteiger partial charge in [-0.15, -0.1) is 0 Å². The first-order valence-electron chi connectivity index (χ1n) is 10.6. The number of nitrogens with two attached hydrogens (primary N) is 2. The van der Waals surface area contributed by atoms with Crippen LogP contribution in [0.1, 0.15) is 41.3 Å². The van der Waals surface area contributed by atoms with E-state index < -0.39 is 58.7 Å². The second kappa shape index (κ2) is 7.92. The molecule has 4 rings (SSSR count). The lowest BCUT2D eigenvalue weighted by Crippen LogP contribution is -2.63. The zero-order valence-corrected chi connectivity index (χ0v) is 18.1. The topological polar surface area (TPSA) is 226 Å². The van der Waals surface area contributed by atoms with Crippen LogP contribution in [0.15, 0.2) is 28.6 Å². The number of ketones is 2. The van der Waals surface area contributed by atoms with Crippen molar-refractivity contribution in [1.82, 2.24) is 5.43 Å². The van der Waals surface area contributed by atoms with Crippen molar-refractivity contribution in [1.29, 1.82) is 0 Å². The number of hydrogen-bond acceptors (Lipinski definition) is 9. The molecule has 3 aliphatic rings. The lowest BCUT2D eigenvalue weighted by Gasteiger charge is -2.48. The van der Waals surface area contributed by atoms with Crippen molar-refractivity contribution in [3.05, 3.63) is 40.2 Å². The summed E-state index contributed by atoms with van der Waals surface area (Å²) in [4.78, 5) is 49.2. The molecule has 9 N–H and O–H groups in total. The SMILES string of the molecule is C/C(=N/NC(N)=O)c1ccc(O)c2c1C[C@H]1C[C@H]3CC(O)C(C(N)=O)C(=O)[C@@]3(O)C(O)=C1C2=O. The second-order valence-corrected chi connectivity index (χ2v) is 8.90. The molecule has 12 heteroatoms. The van der Waals surface area contributed by atoms with Gasteiger partial charge in [0.05, 0.1) is 17.4 Å². The molecule has 5 atom stereocenters. The molecule has 1 aromatic rings. The molecule has 1 aromatic carbocycles. The zero-order valence-electron chi connectivity index (χ0n) is 18.1. The molecule has 12 nitrogen and oxygen atoms in total. The van der Waals surface area contributed by atoms with E-state index in [0.717, 1.165) is 0 Å². The first kappa shape index (κ1) is 23.4. The van der Waals surface area contributed by atoms with Crippen LogP contribution in [0.3, 0.4) is 0 Å². The van der Waals surface area contributed by atoms with Gasteiger partial charge in [-0.3, -0.25) is 14.4 Å². The lowest BCUT2D eigenvalue weighted by molar-refractivity contribution is -0.167. The van der Waals surface area contributed by atoms with Gasteiger partial charge >= 0.3 is 6.03 Å². The van der Waals surface area contributed by atoms with E-state index in [2.05, 4.69) is 10.5 Å². The van der Waals surface area contributed by atoms with Crippen LogP contribution in [0, 0.1) is 17.8 Å². The van der Waals surface area contributed by atoms with Crippen LogP contribution in [0.4, 0.5) is 4.79 Å². The Morgan fingerprint density at radius 1 is 1.18 bits per heavy atom. The molecule has 0 aromatic heterocycles. The maximum absolute atomic E-state index is 13.5. The fourth-order valence-corrected chi connectivity index (χ4v) is 5.47. The van der Waals surface area contributed by atoms with Gasteiger partial charge in [-0.05, 0) is 49.8 Å². The number of hydrazone groups is 1. The van der Waals surface area contributed by atoms with Crippen LogP contribution in [0.2, 0.25) is 0 Å². The quantitative estimate of drug-likeness (QED) is 0.166. The molecule has 0 saturated heterocycles. The average Bonchev–Trinajstić information content (AvgIpc) is 2.74. The van der Waals surface area contributed by atoms with Crippen molar-refractivity contribution in [3.8, 4) is 5.75 Å². The minimum Gasteiger partial charge on any atom is -0.508 e. The number of allylic oxidation sites excluding steroid dienone is 1. The smallest absolute Gasteiger partial charge is 0.332 e. The molecular formula is C22H24N4O8. The number of nitrogens with one attached hydrogen (secondary N) is 1. The summed E-state index contributed by atoms with van der Waals surface area (Å²) in [6, 6.07) is 1.88. The van der Waals surface area contributed by atoms with Gasteiger partial charge in [-0.2, -0.15) is 5.10 Å². The highest BCUT2D eigenvalue weighted by molar-refractivity contribution is 6.17. The normalized spacial score (nSPS) is 30.9. The van der Waals surface area contributed by atoms with Crippen molar-refractivity contribution >= 4 is 29.2 Å². The highest BCUT2D eigenvalue weighted by Crippen LogP contribution is 2.51. The van der Waals surface area contributed by atoms with E-state index >= 15 is 0 Å². The third-order valence-corrected chi connectivity index (χ3v) is 7.00. The Hall–Kier alpha value is -3.77. The Balaban J connectivity index is 1.86. The fourth-order valence-electron chi connectivity index (χ4n) is 5.47. The zero-order chi connectivity index (χ0) is 25.1. The van der Waals surface area contributed by atoms with E-state index in [-0.39, 0.29) is 36.1 Å². The summed E-state index contributed by atoms with van der Waals surface area (Å²) in [5.41, 5.74) is 10.6. The minimum atomic E-state index is -2.56. The molecule has 1 saturated carbocycles. The van der Waals surface area contributed by atoms with Crippen LogP contribution < -0.4 is 16.9 Å². The van der Waals surface area contributed by atoms with E-state index in [1.807, 2.05) is 0 Å². The van der Waals surface area contributed by atoms with Gasteiger partial charge < -0.3 is 31.9 Å². The highest BCUT2D eigenvalue weighted by atomic mass is 16.3. The number of phenolic OH excluding ortho intramolecular Hbond substituents is 1. The van der Waals surface area contributed by atoms with Gasteiger partial charge in [0.1, 0.15) is 17.4 Å². The molecule has 0 spiro atoms. The fraction of sp³-hybridized carbons (Fsp3) is 0.409. The molecule has 0 heterocycles. The van der Waals surface area contributed by atoms with Gasteiger partial charge in [0.15, 0.2) is 17.2 Å². The molecule has 34 heavy (non-hydrogen) atoms. The lowest BCUT2D eigenvalue weighted by atomic mass is 9.57. The number of aliphatic hydroxyl groups excluding tert-OH is 2. The average molecular weight is 472 g/mol. The van der Waals surface area contributed by atoms with Crippen LogP contribution in [0.5, 0.6) is 5.75 Å². The molecule has 1 fully saturated rings. The second-order valence-electron chi connectivity index (χ2n) is 8.90. The number of aliphatic hydroxyl groups is 3. The predicted molar refractivity (Wildman–Crippen MR) is 116 cm³/mol. The third-order valence-electron chi connectivity index (χ3n) is 7.00. The summed E-state index contributed by atoms with van der Waals surface area (Å²) >= 11 is 0. The summed E-state index contributed by atoms with van der Waals surface area (Å²) < 4.78 is 0. The van der Waals surface area contributed by atoms with E-state index in [4.69, 9.17) is 11.5 Å². The van der Waals surface area contributed by atoms with Crippen LogP contribution in [-0.4, -0.2) is 61.3 Å². The molecule has 180 valence electrons. The Kier molecular flexibility index (Phi) is 5.45. The monoisotopic (exact) mass is 472 g/mol. The number of nitrogens with zero attached hydrogens (tertiary/aromatic N) is 1. The van der Waals surface area contributed by atoms with Crippen molar-refractivity contribution in [2.24, 2.45) is 34.3 Å². The summed E-state index contributed by atoms with van der Waals surface area (Å²) in [5, 5.41) is 46.9. The largest absolute Gasteiger partial charge is 0.508 e. The standard InChI is InChI=1S/C22H24N4O8/c1-7(25-26-21(24)33)10-2-3-12(27)15-11(10)5-8-4-9-6-13(28)16(20(23)32)19(31)22(9,34)18(30)14(8)17(15)29/h2-3,8-9,13,16,27-28,30,34H,4-6H2,1H3,(H2,23,32)(H3,24,26,33)/b25-7-/t8-,9+,13?,16?,22+/m1/s1. The third kappa shape index (κ3) is 3.25. The number of hydrogen-bond donors (Lipinski definition) is 7. The maximum atomic E-state index is 13.5. The number of carbonyl (C=O) groups is 4. The van der Waals surface area contributed by atoms with Crippen molar-refractivity contribution in [2.75, 3.05) is 0 Å². The number of Topliss-reactive ketones (excluding diaryl/α,β-unsaturated/α-hetero) is 2. The van der Waals surface area contributed by atoms with E-state index in [1.165, 1.54) is 12.1 Å². The number of primary amides is 2. The number of aromatic hydroxyl groups is 1. The van der Waals surface area contributed by atoms with Gasteiger partial charge in [0.2, 0.25) is 5.91 Å². The van der Waals surface area contributed by atoms with E-state index in [1.54, 1.807) is 6.92 Å². The van der Waals surface area contributed by atoms with Crippen molar-refractivity contribution in [3.63, 3.8) is 0 Å². The van der Waals surface area contributed by atoms with Crippen molar-refractivity contribution in [2.45, 2.75) is 37.9 Å². The molecule has 3 aliphatic carbocycles. The molecule has 0 aliphatic heterocycles. The number of amides is 3. The number of phenols is 1. The maximum Gasteiger partial charge on any atom is 0.332 e. The van der Waals surface area contributed by atoms with E-state index in [9.17, 15) is 39.6 Å². The van der Waals surface area contributed by atoms with Gasteiger partial charge in [0, 0.05) is 17.1 Å². The molecule has 0 radical (unpaired) electrons. The Labute approximate surface area is 192 Å². The summed E-state index contributed by atoms with van der Waals surface area (Å²) in [5.74, 6) is -7.74. The highest BCUT2D eigenvalue weighted by Gasteiger charge is 2.62. The number of rotatable bonds is 3. The minimum absolute atomic E-state index is 0.0418. The Bertz CT molecular complexity index is 1210. The van der Waals surface area contributed by atoms with Gasteiger partial charge in [-0.25, -0.2) is 10.2 Å². The van der Waals surface area contributed by atoms with Gasteiger partial charge in [0.25, 0.3) is 0 Å². The Morgan fingerprint density at radius 2 is 1.85 bits per heavy atom. The first-order valence-corrected chi connectivity index (χ1v) is 10.6. The Morgan fingerprint density at radius 3 is 2.47 bits per heavy atom. The van der Waals surface area contributed by atoms with Crippen LogP contribution in [0.25, 0.3) is 0 Å². The van der Waals surface area contributed by atoms with Crippen molar-refractivity contribution < 1.29 is 39.6 Å². The molecular weight excluding hydrogens is 448 g/mol. The van der Waals surface area contributed by atoms with Crippen LogP contribution in [-0.2, 0) is 16.0 Å². The molecule has 3 amide bonds. The van der Waals surface area contributed by atoms with E-state index in [0.29, 0.717) is 16.8 Å². The predicted octanol–water partition coefficient (Wildman–Crippen LogP) is -0.862. The summed E-state index contributed by atoms with van der Waals surface area (Å²) in [6.45, 7) is 1.57. The summed E-state index contributed by atoms with van der Waals surface area (Å²) in [7, 11) is 0. The number of fused-ring (bicyclic) bond motifs is 3.